The summed E-state index contributed by atoms with van der Waals surface area (Å²) in [7, 11) is -5.17. The molecule has 0 nitrogen and oxygen atoms in total. The lowest BCUT2D eigenvalue weighted by Crippen LogP contribution is -2.24. The highest BCUT2D eigenvalue weighted by atomic mass is 28.3. The lowest BCUT2D eigenvalue weighted by molar-refractivity contribution is 1.32. The highest BCUT2D eigenvalue weighted by Crippen LogP contribution is 2.25. The predicted octanol–water partition coefficient (Wildman–Crippen LogP) is 6.72. The summed E-state index contributed by atoms with van der Waals surface area (Å²) in [6, 6.07) is 2.34. The third-order valence-corrected chi connectivity index (χ3v) is 7.53. The molecular weight excluding hydrogens is 353 g/mol. The lowest BCUT2D eigenvalue weighted by Gasteiger charge is -2.21. The maximum absolute atomic E-state index is 3.64. The fourth-order valence-corrected chi connectivity index (χ4v) is 5.82. The average molecular weight is 393 g/mol. The van der Waals surface area contributed by atoms with E-state index in [1.165, 1.54) is 23.2 Å². The Morgan fingerprint density at radius 2 is 0.750 bits per heavy atom. The van der Waals surface area contributed by atoms with E-state index in [4.69, 9.17) is 0 Å². The monoisotopic (exact) mass is 392 g/mol. The van der Waals surface area contributed by atoms with Crippen molar-refractivity contribution in [1.82, 2.24) is 0 Å². The van der Waals surface area contributed by atoms with Crippen molar-refractivity contribution in [1.29, 1.82) is 0 Å². The average Bonchev–Trinajstić information content (AvgIpc) is 2.25. The Bertz CT molecular complexity index is 523. The Morgan fingerprint density at radius 1 is 0.500 bits per heavy atom. The molecule has 0 rings (SSSR count). The van der Waals surface area contributed by atoms with Crippen molar-refractivity contribution >= 4 is 32.3 Å². The van der Waals surface area contributed by atoms with Crippen LogP contribution in [0.4, 0.5) is 0 Å². The van der Waals surface area contributed by atoms with Gasteiger partial charge in [0.05, 0.1) is 0 Å². The quantitative estimate of drug-likeness (QED) is 0.368. The molecule has 0 saturated heterocycles. The molecule has 0 atom stereocenters. The molecule has 0 bridgehead atoms. The first kappa shape index (κ1) is 23.7. The molecule has 0 aromatic heterocycles. The second-order valence-corrected chi connectivity index (χ2v) is 31.9. The van der Waals surface area contributed by atoms with Crippen molar-refractivity contribution in [2.75, 3.05) is 0 Å². The summed E-state index contributed by atoms with van der Waals surface area (Å²) in [5.41, 5.74) is 10.00. The van der Waals surface area contributed by atoms with E-state index < -0.39 is 32.3 Å². The van der Waals surface area contributed by atoms with Crippen LogP contribution in [-0.2, 0) is 0 Å². The minimum atomic E-state index is -1.37. The molecule has 0 aromatic rings. The van der Waals surface area contributed by atoms with Crippen molar-refractivity contribution in [2.45, 2.75) is 90.7 Å². The smallest absolute Gasteiger partial charge is 0.127 e. The van der Waals surface area contributed by atoms with Crippen LogP contribution in [0.2, 0.25) is 90.7 Å². The van der Waals surface area contributed by atoms with Crippen LogP contribution in [0.1, 0.15) is 0 Å². The van der Waals surface area contributed by atoms with E-state index in [0.29, 0.717) is 0 Å². The van der Waals surface area contributed by atoms with Crippen LogP contribution >= 0.6 is 0 Å². The third kappa shape index (κ3) is 14.1. The molecule has 0 unspecified atom stereocenters. The van der Waals surface area contributed by atoms with Gasteiger partial charge in [0.25, 0.3) is 0 Å². The van der Waals surface area contributed by atoms with Gasteiger partial charge in [0.15, 0.2) is 0 Å². The molecule has 4 heteroatoms. The van der Waals surface area contributed by atoms with Crippen molar-refractivity contribution in [3.8, 4) is 22.9 Å². The summed E-state index contributed by atoms with van der Waals surface area (Å²) in [6.07, 6.45) is 0. The molecule has 24 heavy (non-hydrogen) atoms. The molecule has 0 aliphatic heterocycles. The first-order chi connectivity index (χ1) is 10.4. The van der Waals surface area contributed by atoms with Gasteiger partial charge in [-0.3, -0.25) is 0 Å². The third-order valence-electron chi connectivity index (χ3n) is 2.96. The summed E-state index contributed by atoms with van der Waals surface area (Å²) in [5.74, 6) is 7.27. The maximum Gasteiger partial charge on any atom is 0.129 e. The van der Waals surface area contributed by atoms with Gasteiger partial charge < -0.3 is 0 Å². The Morgan fingerprint density at radius 3 is 0.917 bits per heavy atom. The zero-order valence-electron chi connectivity index (χ0n) is 18.4. The fraction of sp³-hybridized carbons (Fsp3) is 0.700. The standard InChI is InChI=1S/C20H40Si4/c1-21(2,3)15-13-19(17-23(7,8)9)20(18-24(10,11)12)14-16-22(4,5)6/h17-18H2,1-12H3/b20-19+. The van der Waals surface area contributed by atoms with Crippen LogP contribution in [0.25, 0.3) is 0 Å². The van der Waals surface area contributed by atoms with Crippen LogP contribution in [0.15, 0.2) is 11.1 Å². The van der Waals surface area contributed by atoms with Crippen LogP contribution in [0.5, 0.6) is 0 Å². The second kappa shape index (κ2) is 8.41. The molecule has 0 amide bonds. The van der Waals surface area contributed by atoms with Gasteiger partial charge in [0, 0.05) is 27.3 Å². The van der Waals surface area contributed by atoms with Crippen LogP contribution in [-0.4, -0.2) is 32.3 Å². The van der Waals surface area contributed by atoms with E-state index in [2.05, 4.69) is 101 Å². The zero-order valence-corrected chi connectivity index (χ0v) is 22.4. The SMILES string of the molecule is C[Si](C)(C)C#C/C(C[Si](C)(C)C)=C(/C#C[Si](C)(C)C)C[Si](C)(C)C. The molecule has 0 N–H and O–H groups in total. The molecule has 0 aromatic carbocycles. The molecule has 136 valence electrons. The lowest BCUT2D eigenvalue weighted by atomic mass is 10.2. The molecular formula is C20H40Si4. The zero-order chi connectivity index (χ0) is 19.4. The maximum atomic E-state index is 3.64. The van der Waals surface area contributed by atoms with E-state index >= 15 is 0 Å². The van der Waals surface area contributed by atoms with E-state index in [1.807, 2.05) is 0 Å². The second-order valence-electron chi connectivity index (χ2n) is 11.4. The van der Waals surface area contributed by atoms with E-state index in [9.17, 15) is 0 Å². The predicted molar refractivity (Wildman–Crippen MR) is 126 cm³/mol. The van der Waals surface area contributed by atoms with Crippen LogP contribution in [0, 0.1) is 22.9 Å². The largest absolute Gasteiger partial charge is 0.129 e. The Kier molecular flexibility index (Phi) is 8.31. The summed E-state index contributed by atoms with van der Waals surface area (Å²) in [5, 5.41) is 0. The molecule has 0 aliphatic carbocycles. The highest BCUT2D eigenvalue weighted by Gasteiger charge is 2.22. The van der Waals surface area contributed by atoms with E-state index in [0.717, 1.165) is 0 Å². The van der Waals surface area contributed by atoms with Crippen LogP contribution in [0.3, 0.4) is 0 Å². The Balaban J connectivity index is 6.27. The Hall–Kier alpha value is -0.272. The van der Waals surface area contributed by atoms with Gasteiger partial charge >= 0.3 is 0 Å². The normalized spacial score (nSPS) is 14.2. The van der Waals surface area contributed by atoms with Gasteiger partial charge in [-0.25, -0.2) is 0 Å². The van der Waals surface area contributed by atoms with Crippen molar-refractivity contribution in [3.63, 3.8) is 0 Å². The Labute approximate surface area is 157 Å². The van der Waals surface area contributed by atoms with E-state index in [1.54, 1.807) is 0 Å². The number of hydrogen-bond donors (Lipinski definition) is 0. The van der Waals surface area contributed by atoms with Gasteiger partial charge in [-0.15, -0.1) is 11.1 Å². The van der Waals surface area contributed by atoms with Crippen molar-refractivity contribution < 1.29 is 0 Å². The molecule has 0 saturated carbocycles. The molecule has 0 fully saturated rings. The number of hydrogen-bond acceptors (Lipinski definition) is 0. The molecule has 0 radical (unpaired) electrons. The topological polar surface area (TPSA) is 0 Å². The highest BCUT2D eigenvalue weighted by molar-refractivity contribution is 6.84. The minimum absolute atomic E-state index is 1.17. The van der Waals surface area contributed by atoms with Gasteiger partial charge in [-0.1, -0.05) is 90.4 Å². The van der Waals surface area contributed by atoms with Gasteiger partial charge in [-0.05, 0) is 12.1 Å². The number of allylic oxidation sites excluding steroid dienone is 2. The summed E-state index contributed by atoms with van der Waals surface area (Å²) in [4.78, 5) is 0. The molecule has 0 heterocycles. The van der Waals surface area contributed by atoms with Crippen molar-refractivity contribution in [2.24, 2.45) is 0 Å². The first-order valence-electron chi connectivity index (χ1n) is 9.16. The number of rotatable bonds is 4. The van der Waals surface area contributed by atoms with E-state index in [-0.39, 0.29) is 0 Å². The summed E-state index contributed by atoms with van der Waals surface area (Å²) >= 11 is 0. The van der Waals surface area contributed by atoms with Gasteiger partial charge in [0.2, 0.25) is 0 Å². The van der Waals surface area contributed by atoms with Crippen LogP contribution < -0.4 is 0 Å². The summed E-state index contributed by atoms with van der Waals surface area (Å²) < 4.78 is 0. The minimum Gasteiger partial charge on any atom is -0.127 e. The summed E-state index contributed by atoms with van der Waals surface area (Å²) in [6.45, 7) is 28.7. The molecule has 0 aliphatic rings. The van der Waals surface area contributed by atoms with Crippen molar-refractivity contribution in [3.05, 3.63) is 11.1 Å². The molecule has 0 spiro atoms. The van der Waals surface area contributed by atoms with Gasteiger partial charge in [-0.2, -0.15) is 0 Å². The van der Waals surface area contributed by atoms with Gasteiger partial charge in [0.1, 0.15) is 16.1 Å². The first-order valence-corrected chi connectivity index (χ1v) is 23.6. The fourth-order valence-electron chi connectivity index (χ4n) is 2.04.